The number of allylic oxidation sites excluding steroid dienone is 1. The maximum Gasteiger partial charge on any atom is 0.309 e. The van der Waals surface area contributed by atoms with Gasteiger partial charge in [0, 0.05) is 0 Å². The lowest BCUT2D eigenvalue weighted by atomic mass is 10.1. The third-order valence-electron chi connectivity index (χ3n) is 1.86. The molecule has 1 rings (SSSR count). The highest BCUT2D eigenvalue weighted by Gasteiger charge is 2.27. The molecule has 3 nitrogen and oxygen atoms in total. The van der Waals surface area contributed by atoms with Gasteiger partial charge in [-0.3, -0.25) is 10.1 Å². The van der Waals surface area contributed by atoms with E-state index in [0.29, 0.717) is 12.0 Å². The van der Waals surface area contributed by atoms with Crippen molar-refractivity contribution < 1.29 is 4.92 Å². The number of halogens is 4. The third kappa shape index (κ3) is 2.28. The van der Waals surface area contributed by atoms with Gasteiger partial charge in [-0.05, 0) is 12.0 Å². The molecule has 0 atom stereocenters. The van der Waals surface area contributed by atoms with Crippen LogP contribution in [0.1, 0.15) is 5.56 Å². The molecule has 86 valence electrons. The van der Waals surface area contributed by atoms with Gasteiger partial charge in [0.15, 0.2) is 0 Å². The Kier molecular flexibility index (Phi) is 4.44. The zero-order chi connectivity index (χ0) is 12.5. The third-order valence-corrected chi connectivity index (χ3v) is 3.63. The molecule has 0 aliphatic carbocycles. The minimum Gasteiger partial charge on any atom is -0.258 e. The fraction of sp³-hybridized carbons (Fsp3) is 0.111. The lowest BCUT2D eigenvalue weighted by molar-refractivity contribution is -0.384. The maximum absolute atomic E-state index is 10.7. The molecule has 0 saturated carbocycles. The lowest BCUT2D eigenvalue weighted by Gasteiger charge is -2.09. The molecule has 0 spiro atoms. The zero-order valence-electron chi connectivity index (χ0n) is 7.77. The molecule has 0 unspecified atom stereocenters. The highest BCUT2D eigenvalue weighted by molar-refractivity contribution is 6.50. The van der Waals surface area contributed by atoms with Crippen LogP contribution in [0, 0.1) is 10.1 Å². The van der Waals surface area contributed by atoms with Crippen molar-refractivity contribution in [3.05, 3.63) is 48.4 Å². The van der Waals surface area contributed by atoms with E-state index in [1.165, 1.54) is 0 Å². The molecule has 0 aliphatic heterocycles. The van der Waals surface area contributed by atoms with Crippen LogP contribution >= 0.6 is 46.4 Å². The Morgan fingerprint density at radius 2 is 1.56 bits per heavy atom. The highest BCUT2D eigenvalue weighted by Crippen LogP contribution is 2.45. The van der Waals surface area contributed by atoms with Gasteiger partial charge in [0.05, 0.1) is 15.0 Å². The summed E-state index contributed by atoms with van der Waals surface area (Å²) in [6.45, 7) is 3.52. The van der Waals surface area contributed by atoms with Crippen LogP contribution in [-0.4, -0.2) is 4.92 Å². The van der Waals surface area contributed by atoms with Crippen molar-refractivity contribution in [2.24, 2.45) is 0 Å². The summed E-state index contributed by atoms with van der Waals surface area (Å²) in [7, 11) is 0. The first-order valence-electron chi connectivity index (χ1n) is 4.01. The molecule has 0 heterocycles. The summed E-state index contributed by atoms with van der Waals surface area (Å²) >= 11 is 23.3. The molecule has 0 fully saturated rings. The number of hydrogen-bond acceptors (Lipinski definition) is 2. The summed E-state index contributed by atoms with van der Waals surface area (Å²) in [5.74, 6) is 0. The van der Waals surface area contributed by atoms with Gasteiger partial charge >= 0.3 is 5.69 Å². The molecule has 0 aliphatic rings. The molecular weight excluding hydrogens is 296 g/mol. The SMILES string of the molecule is C=CCc1c(Cl)c(Cl)c([N+](=O)[O-])c(Cl)c1Cl. The molecule has 1 aromatic carbocycles. The largest absolute Gasteiger partial charge is 0.309 e. The molecule has 0 aromatic heterocycles. The molecule has 1 aromatic rings. The number of nitro benzene ring substituents is 1. The predicted molar refractivity (Wildman–Crippen MR) is 67.0 cm³/mol. The first kappa shape index (κ1) is 13.6. The van der Waals surface area contributed by atoms with Crippen molar-refractivity contribution in [1.82, 2.24) is 0 Å². The Hall–Kier alpha value is -0.480. The first-order chi connectivity index (χ1) is 7.41. The molecule has 16 heavy (non-hydrogen) atoms. The van der Waals surface area contributed by atoms with E-state index in [2.05, 4.69) is 6.58 Å². The van der Waals surface area contributed by atoms with E-state index in [0.717, 1.165) is 0 Å². The molecule has 0 amide bonds. The Bertz CT molecular complexity index is 444. The van der Waals surface area contributed by atoms with Crippen LogP contribution in [0.3, 0.4) is 0 Å². The second-order valence-electron chi connectivity index (χ2n) is 2.83. The second kappa shape index (κ2) is 5.23. The normalized spacial score (nSPS) is 10.2. The van der Waals surface area contributed by atoms with Crippen LogP contribution in [0.15, 0.2) is 12.7 Å². The minimum atomic E-state index is -0.722. The average molecular weight is 301 g/mol. The van der Waals surface area contributed by atoms with E-state index in [1.807, 2.05) is 0 Å². The number of rotatable bonds is 3. The number of nitrogens with zero attached hydrogens (tertiary/aromatic N) is 1. The molecule has 0 radical (unpaired) electrons. The maximum atomic E-state index is 10.7. The Balaban J connectivity index is 3.62. The van der Waals surface area contributed by atoms with E-state index in [1.54, 1.807) is 6.08 Å². The quantitative estimate of drug-likeness (QED) is 0.343. The summed E-state index contributed by atoms with van der Waals surface area (Å²) in [5, 5.41) is 10.4. The number of benzene rings is 1. The van der Waals surface area contributed by atoms with E-state index in [4.69, 9.17) is 46.4 Å². The Morgan fingerprint density at radius 1 is 1.12 bits per heavy atom. The van der Waals surface area contributed by atoms with Crippen molar-refractivity contribution in [3.63, 3.8) is 0 Å². The summed E-state index contributed by atoms with van der Waals surface area (Å²) < 4.78 is 0. The molecule has 0 bridgehead atoms. The molecule has 0 saturated heterocycles. The highest BCUT2D eigenvalue weighted by atomic mass is 35.5. The molecule has 7 heteroatoms. The Labute approximate surface area is 112 Å². The van der Waals surface area contributed by atoms with Gasteiger partial charge in [-0.15, -0.1) is 6.58 Å². The van der Waals surface area contributed by atoms with Crippen LogP contribution in [0.25, 0.3) is 0 Å². The molecule has 0 N–H and O–H groups in total. The van der Waals surface area contributed by atoms with Crippen LogP contribution < -0.4 is 0 Å². The lowest BCUT2D eigenvalue weighted by Crippen LogP contribution is -1.96. The molecular formula is C9H5Cl4NO2. The first-order valence-corrected chi connectivity index (χ1v) is 5.53. The monoisotopic (exact) mass is 299 g/mol. The second-order valence-corrected chi connectivity index (χ2v) is 4.34. The van der Waals surface area contributed by atoms with E-state index < -0.39 is 10.6 Å². The van der Waals surface area contributed by atoms with Gasteiger partial charge < -0.3 is 0 Å². The van der Waals surface area contributed by atoms with Gasteiger partial charge in [-0.1, -0.05) is 52.5 Å². The summed E-state index contributed by atoms with van der Waals surface area (Å²) in [4.78, 5) is 9.99. The van der Waals surface area contributed by atoms with Crippen molar-refractivity contribution >= 4 is 52.1 Å². The van der Waals surface area contributed by atoms with Gasteiger partial charge in [-0.25, -0.2) is 0 Å². The topological polar surface area (TPSA) is 43.1 Å². The smallest absolute Gasteiger partial charge is 0.258 e. The number of nitro groups is 1. The van der Waals surface area contributed by atoms with Crippen molar-refractivity contribution in [2.45, 2.75) is 6.42 Å². The van der Waals surface area contributed by atoms with Crippen LogP contribution in [-0.2, 0) is 6.42 Å². The standard InChI is InChI=1S/C9H5Cl4NO2/c1-2-3-4-5(10)7(12)9(14(15)16)8(13)6(4)11/h2H,1,3H2. The van der Waals surface area contributed by atoms with E-state index in [-0.39, 0.29) is 20.1 Å². The fourth-order valence-corrected chi connectivity index (χ4v) is 2.32. The van der Waals surface area contributed by atoms with Gasteiger partial charge in [0.2, 0.25) is 0 Å². The zero-order valence-corrected chi connectivity index (χ0v) is 10.8. The summed E-state index contributed by atoms with van der Waals surface area (Å²) in [6, 6.07) is 0. The van der Waals surface area contributed by atoms with Crippen LogP contribution in [0.4, 0.5) is 5.69 Å². The minimum absolute atomic E-state index is 0.0302. The predicted octanol–water partition coefficient (Wildman–Crippen LogP) is 4.94. The van der Waals surface area contributed by atoms with Gasteiger partial charge in [0.1, 0.15) is 10.0 Å². The summed E-state index contributed by atoms with van der Waals surface area (Å²) in [6.07, 6.45) is 1.88. The Morgan fingerprint density at radius 3 is 1.88 bits per heavy atom. The van der Waals surface area contributed by atoms with Crippen molar-refractivity contribution in [1.29, 1.82) is 0 Å². The van der Waals surface area contributed by atoms with E-state index >= 15 is 0 Å². The fourth-order valence-electron chi connectivity index (χ4n) is 1.15. The van der Waals surface area contributed by atoms with Crippen LogP contribution in [0.2, 0.25) is 20.1 Å². The van der Waals surface area contributed by atoms with Crippen molar-refractivity contribution in [2.75, 3.05) is 0 Å². The number of hydrogen-bond donors (Lipinski definition) is 0. The van der Waals surface area contributed by atoms with Gasteiger partial charge in [0.25, 0.3) is 0 Å². The van der Waals surface area contributed by atoms with Crippen LogP contribution in [0.5, 0.6) is 0 Å². The average Bonchev–Trinajstić information content (AvgIpc) is 2.21. The van der Waals surface area contributed by atoms with Crippen molar-refractivity contribution in [3.8, 4) is 0 Å². The van der Waals surface area contributed by atoms with Gasteiger partial charge in [-0.2, -0.15) is 0 Å². The summed E-state index contributed by atoms with van der Waals surface area (Å²) in [5.41, 5.74) is -0.0509. The van der Waals surface area contributed by atoms with E-state index in [9.17, 15) is 10.1 Å².